The largest absolute Gasteiger partial charge is 0.416 e. The highest BCUT2D eigenvalue weighted by Crippen LogP contribution is 2.30. The Hall–Kier alpha value is -2.54. The molecule has 0 saturated carbocycles. The number of nitrogens with zero attached hydrogens (tertiary/aromatic N) is 2. The Morgan fingerprint density at radius 2 is 1.86 bits per heavy atom. The zero-order chi connectivity index (χ0) is 21.2. The van der Waals surface area contributed by atoms with E-state index in [1.807, 2.05) is 19.0 Å². The summed E-state index contributed by atoms with van der Waals surface area (Å²) in [4.78, 5) is 16.7. The lowest BCUT2D eigenvalue weighted by atomic mass is 9.96. The molecule has 0 radical (unpaired) electrons. The fraction of sp³-hybridized carbons (Fsp3) is 0.409. The molecule has 1 aliphatic heterocycles. The van der Waals surface area contributed by atoms with Crippen LogP contribution in [0.1, 0.15) is 39.5 Å². The van der Waals surface area contributed by atoms with E-state index in [0.29, 0.717) is 6.54 Å². The van der Waals surface area contributed by atoms with Crippen LogP contribution < -0.4 is 10.2 Å². The number of fused-ring (bicyclic) bond motifs is 1. The summed E-state index contributed by atoms with van der Waals surface area (Å²) in [5.74, 6) is -0.386. The van der Waals surface area contributed by atoms with Crippen molar-refractivity contribution in [3.8, 4) is 0 Å². The van der Waals surface area contributed by atoms with Crippen LogP contribution in [0.5, 0.6) is 0 Å². The first-order valence-corrected chi connectivity index (χ1v) is 9.62. The number of aryl methyl sites for hydroxylation is 1. The number of anilines is 1. The van der Waals surface area contributed by atoms with E-state index in [0.717, 1.165) is 37.1 Å². The number of likely N-dealkylation sites (N-methyl/N-ethyl adjacent to an activating group) is 1. The van der Waals surface area contributed by atoms with Crippen LogP contribution in [0.25, 0.3) is 0 Å². The van der Waals surface area contributed by atoms with Gasteiger partial charge in [-0.05, 0) is 68.4 Å². The van der Waals surface area contributed by atoms with Crippen molar-refractivity contribution in [2.75, 3.05) is 39.1 Å². The van der Waals surface area contributed by atoms with Crippen LogP contribution >= 0.6 is 0 Å². The third-order valence-electron chi connectivity index (χ3n) is 5.39. The molecule has 3 rings (SSSR count). The molecule has 1 aliphatic rings. The number of benzene rings is 2. The van der Waals surface area contributed by atoms with Gasteiger partial charge in [0.25, 0.3) is 5.91 Å². The van der Waals surface area contributed by atoms with Crippen molar-refractivity contribution in [2.45, 2.75) is 25.1 Å². The van der Waals surface area contributed by atoms with Gasteiger partial charge in [0.1, 0.15) is 0 Å². The van der Waals surface area contributed by atoms with Gasteiger partial charge in [-0.15, -0.1) is 0 Å². The van der Waals surface area contributed by atoms with Gasteiger partial charge in [-0.3, -0.25) is 4.79 Å². The van der Waals surface area contributed by atoms with E-state index < -0.39 is 11.7 Å². The maximum atomic E-state index is 12.7. The van der Waals surface area contributed by atoms with Crippen LogP contribution in [-0.2, 0) is 12.6 Å². The van der Waals surface area contributed by atoms with E-state index in [-0.39, 0.29) is 17.5 Å². The molecule has 4 nitrogen and oxygen atoms in total. The Balaban J connectivity index is 1.71. The van der Waals surface area contributed by atoms with Gasteiger partial charge in [0.05, 0.1) is 11.6 Å². The molecule has 29 heavy (non-hydrogen) atoms. The van der Waals surface area contributed by atoms with Gasteiger partial charge < -0.3 is 15.1 Å². The molecule has 0 bridgehead atoms. The SMILES string of the molecule is CN1CCCc2cc(C(CNC(=O)c3ccc(C(F)(F)F)cc3)N(C)C)ccc21. The van der Waals surface area contributed by atoms with E-state index in [1.165, 1.54) is 23.4 Å². The van der Waals surface area contributed by atoms with Crippen LogP contribution in [0, 0.1) is 0 Å². The van der Waals surface area contributed by atoms with Crippen molar-refractivity contribution in [1.82, 2.24) is 10.2 Å². The van der Waals surface area contributed by atoms with Crippen LogP contribution in [0.3, 0.4) is 0 Å². The molecule has 156 valence electrons. The lowest BCUT2D eigenvalue weighted by Crippen LogP contribution is -2.35. The summed E-state index contributed by atoms with van der Waals surface area (Å²) >= 11 is 0. The minimum Gasteiger partial charge on any atom is -0.374 e. The molecule has 1 unspecified atom stereocenters. The highest BCUT2D eigenvalue weighted by Gasteiger charge is 2.30. The standard InChI is InChI=1S/C22H26F3N3O/c1-27(2)20(17-8-11-19-16(13-17)5-4-12-28(19)3)14-26-21(29)15-6-9-18(10-7-15)22(23,24)25/h6-11,13,20H,4-5,12,14H2,1-3H3,(H,26,29). The molecule has 1 amide bonds. The van der Waals surface area contributed by atoms with E-state index in [2.05, 4.69) is 35.5 Å². The zero-order valence-electron chi connectivity index (χ0n) is 16.9. The molecule has 7 heteroatoms. The Labute approximate surface area is 169 Å². The highest BCUT2D eigenvalue weighted by atomic mass is 19.4. The maximum Gasteiger partial charge on any atom is 0.416 e. The minimum absolute atomic E-state index is 0.0362. The molecule has 1 atom stereocenters. The van der Waals surface area contributed by atoms with Gasteiger partial charge in [0.2, 0.25) is 0 Å². The molecule has 1 heterocycles. The Morgan fingerprint density at radius 3 is 2.48 bits per heavy atom. The van der Waals surface area contributed by atoms with Crippen LogP contribution in [0.4, 0.5) is 18.9 Å². The summed E-state index contributed by atoms with van der Waals surface area (Å²) in [6.45, 7) is 1.41. The van der Waals surface area contributed by atoms with Crippen LogP contribution in [-0.4, -0.2) is 45.0 Å². The normalized spacial score (nSPS) is 15.2. The van der Waals surface area contributed by atoms with Crippen molar-refractivity contribution in [3.05, 3.63) is 64.7 Å². The van der Waals surface area contributed by atoms with Gasteiger partial charge in [-0.1, -0.05) is 12.1 Å². The first kappa shape index (κ1) is 21.2. The van der Waals surface area contributed by atoms with Gasteiger partial charge in [-0.25, -0.2) is 0 Å². The molecular formula is C22H26F3N3O. The minimum atomic E-state index is -4.41. The number of nitrogens with one attached hydrogen (secondary N) is 1. The second-order valence-electron chi connectivity index (χ2n) is 7.68. The van der Waals surface area contributed by atoms with Crippen molar-refractivity contribution in [3.63, 3.8) is 0 Å². The third kappa shape index (κ3) is 4.90. The quantitative estimate of drug-likeness (QED) is 0.813. The Kier molecular flexibility index (Phi) is 6.17. The lowest BCUT2D eigenvalue weighted by Gasteiger charge is -2.30. The molecule has 0 fully saturated rings. The fourth-order valence-corrected chi connectivity index (χ4v) is 3.71. The van der Waals surface area contributed by atoms with Gasteiger partial charge in [0, 0.05) is 31.4 Å². The van der Waals surface area contributed by atoms with Gasteiger partial charge in [0.15, 0.2) is 0 Å². The fourth-order valence-electron chi connectivity index (χ4n) is 3.71. The van der Waals surface area contributed by atoms with Gasteiger partial charge in [-0.2, -0.15) is 13.2 Å². The van der Waals surface area contributed by atoms with Gasteiger partial charge >= 0.3 is 6.18 Å². The average molecular weight is 405 g/mol. The number of alkyl halides is 3. The number of amides is 1. The Morgan fingerprint density at radius 1 is 1.17 bits per heavy atom. The van der Waals surface area contributed by atoms with E-state index in [9.17, 15) is 18.0 Å². The van der Waals surface area contributed by atoms with Crippen molar-refractivity contribution in [1.29, 1.82) is 0 Å². The van der Waals surface area contributed by atoms with Crippen molar-refractivity contribution < 1.29 is 18.0 Å². The number of rotatable bonds is 5. The second kappa shape index (κ2) is 8.45. The summed E-state index contributed by atoms with van der Waals surface area (Å²) < 4.78 is 38.1. The third-order valence-corrected chi connectivity index (χ3v) is 5.39. The molecule has 1 N–H and O–H groups in total. The topological polar surface area (TPSA) is 35.6 Å². The summed E-state index contributed by atoms with van der Waals surface area (Å²) in [5.41, 5.74) is 3.10. The average Bonchev–Trinajstić information content (AvgIpc) is 2.67. The first-order valence-electron chi connectivity index (χ1n) is 9.62. The number of carbonyl (C=O) groups excluding carboxylic acids is 1. The molecule has 0 aromatic heterocycles. The van der Waals surface area contributed by atoms with Crippen molar-refractivity contribution >= 4 is 11.6 Å². The lowest BCUT2D eigenvalue weighted by molar-refractivity contribution is -0.137. The second-order valence-corrected chi connectivity index (χ2v) is 7.68. The van der Waals surface area contributed by atoms with E-state index in [1.54, 1.807) is 0 Å². The van der Waals surface area contributed by atoms with E-state index in [4.69, 9.17) is 0 Å². The number of hydrogen-bond acceptors (Lipinski definition) is 3. The summed E-state index contributed by atoms with van der Waals surface area (Å²) in [5, 5.41) is 2.85. The van der Waals surface area contributed by atoms with Crippen LogP contribution in [0.15, 0.2) is 42.5 Å². The van der Waals surface area contributed by atoms with Crippen LogP contribution in [0.2, 0.25) is 0 Å². The molecule has 2 aromatic carbocycles. The van der Waals surface area contributed by atoms with E-state index >= 15 is 0 Å². The smallest absolute Gasteiger partial charge is 0.374 e. The molecule has 0 spiro atoms. The maximum absolute atomic E-state index is 12.7. The molecule has 0 aliphatic carbocycles. The monoisotopic (exact) mass is 405 g/mol. The predicted molar refractivity (Wildman–Crippen MR) is 108 cm³/mol. The highest BCUT2D eigenvalue weighted by molar-refractivity contribution is 5.94. The first-order chi connectivity index (χ1) is 13.7. The predicted octanol–water partition coefficient (Wildman–Crippen LogP) is 4.12. The number of hydrogen-bond donors (Lipinski definition) is 1. The summed E-state index contributed by atoms with van der Waals surface area (Å²) in [6.07, 6.45) is -2.26. The number of carbonyl (C=O) groups is 1. The molecule has 2 aromatic rings. The zero-order valence-corrected chi connectivity index (χ0v) is 16.9. The van der Waals surface area contributed by atoms with Crippen molar-refractivity contribution in [2.24, 2.45) is 0 Å². The summed E-state index contributed by atoms with van der Waals surface area (Å²) in [7, 11) is 5.98. The molecular weight excluding hydrogens is 379 g/mol. The Bertz CT molecular complexity index is 863. The summed E-state index contributed by atoms with van der Waals surface area (Å²) in [6, 6.07) is 10.6. The number of halogens is 3. The molecule has 0 saturated heterocycles.